The number of hydrogen-bond acceptors (Lipinski definition) is 3. The van der Waals surface area contributed by atoms with Gasteiger partial charge in [-0.2, -0.15) is 0 Å². The molecule has 0 aromatic heterocycles. The largest absolute Gasteiger partial charge is 0.469 e. The summed E-state index contributed by atoms with van der Waals surface area (Å²) in [6.07, 6.45) is 4.93. The van der Waals surface area contributed by atoms with Crippen molar-refractivity contribution in [2.75, 3.05) is 7.11 Å². The number of carbonyl (C=O) groups excluding carboxylic acids is 1. The number of carbonyl (C=O) groups is 1. The van der Waals surface area contributed by atoms with Crippen LogP contribution in [-0.4, -0.2) is 19.1 Å². The smallest absolute Gasteiger partial charge is 0.306 e. The topological polar surface area (TPSA) is 52.3 Å². The fraction of sp³-hybridized carbons (Fsp3) is 0.917. The predicted octanol–water partition coefficient (Wildman–Crippen LogP) is 2.48. The number of unbranched alkanes of at least 4 members (excludes halogenated alkanes) is 2. The second-order valence-corrected chi connectivity index (χ2v) is 4.65. The fourth-order valence-corrected chi connectivity index (χ4v) is 1.66. The Hall–Kier alpha value is -0.570. The lowest BCUT2D eigenvalue weighted by Gasteiger charge is -2.32. The van der Waals surface area contributed by atoms with Crippen molar-refractivity contribution in [3.05, 3.63) is 0 Å². The van der Waals surface area contributed by atoms with E-state index in [4.69, 9.17) is 10.5 Å². The van der Waals surface area contributed by atoms with Crippen molar-refractivity contribution >= 4 is 5.97 Å². The van der Waals surface area contributed by atoms with Crippen LogP contribution in [0.5, 0.6) is 0 Å². The SMILES string of the molecule is CCCCCC(C)(CC(=O)OC)C(C)N. The van der Waals surface area contributed by atoms with Crippen molar-refractivity contribution in [2.24, 2.45) is 11.1 Å². The summed E-state index contributed by atoms with van der Waals surface area (Å²) in [6, 6.07) is 0.0217. The molecular formula is C12H25NO2. The Morgan fingerprint density at radius 2 is 2.07 bits per heavy atom. The first-order chi connectivity index (χ1) is 6.96. The lowest BCUT2D eigenvalue weighted by Crippen LogP contribution is -2.39. The fourth-order valence-electron chi connectivity index (χ4n) is 1.66. The van der Waals surface area contributed by atoms with Crippen LogP contribution in [0.1, 0.15) is 52.9 Å². The highest BCUT2D eigenvalue weighted by molar-refractivity contribution is 5.70. The van der Waals surface area contributed by atoms with Gasteiger partial charge in [-0.05, 0) is 18.8 Å². The van der Waals surface area contributed by atoms with Crippen LogP contribution in [0.4, 0.5) is 0 Å². The third-order valence-corrected chi connectivity index (χ3v) is 3.23. The molecule has 0 amide bonds. The van der Waals surface area contributed by atoms with E-state index in [9.17, 15) is 4.79 Å². The monoisotopic (exact) mass is 215 g/mol. The molecule has 0 radical (unpaired) electrons. The van der Waals surface area contributed by atoms with Crippen molar-refractivity contribution in [1.82, 2.24) is 0 Å². The van der Waals surface area contributed by atoms with Crippen molar-refractivity contribution < 1.29 is 9.53 Å². The third-order valence-electron chi connectivity index (χ3n) is 3.23. The summed E-state index contributed by atoms with van der Waals surface area (Å²) in [4.78, 5) is 11.3. The number of methoxy groups -OCH3 is 1. The quantitative estimate of drug-likeness (QED) is 0.524. The number of esters is 1. The molecule has 0 aromatic carbocycles. The summed E-state index contributed by atoms with van der Waals surface area (Å²) >= 11 is 0. The highest BCUT2D eigenvalue weighted by Crippen LogP contribution is 2.31. The molecule has 90 valence electrons. The van der Waals surface area contributed by atoms with Gasteiger partial charge in [0, 0.05) is 6.04 Å². The normalized spacial score (nSPS) is 16.9. The van der Waals surface area contributed by atoms with E-state index in [1.54, 1.807) is 0 Å². The molecule has 15 heavy (non-hydrogen) atoms. The van der Waals surface area contributed by atoms with Gasteiger partial charge in [0.25, 0.3) is 0 Å². The number of nitrogens with two attached hydrogens (primary N) is 1. The summed E-state index contributed by atoms with van der Waals surface area (Å²) in [5.41, 5.74) is 5.83. The van der Waals surface area contributed by atoms with E-state index < -0.39 is 0 Å². The van der Waals surface area contributed by atoms with Gasteiger partial charge in [0.05, 0.1) is 13.5 Å². The van der Waals surface area contributed by atoms with Crippen molar-refractivity contribution in [3.8, 4) is 0 Å². The number of hydrogen-bond donors (Lipinski definition) is 1. The minimum atomic E-state index is -0.161. The lowest BCUT2D eigenvalue weighted by molar-refractivity contribution is -0.143. The van der Waals surface area contributed by atoms with Gasteiger partial charge in [0.15, 0.2) is 0 Å². The van der Waals surface area contributed by atoms with Crippen molar-refractivity contribution in [2.45, 2.75) is 58.9 Å². The Balaban J connectivity index is 4.25. The second kappa shape index (κ2) is 6.83. The number of rotatable bonds is 7. The van der Waals surface area contributed by atoms with E-state index in [1.165, 1.54) is 20.0 Å². The zero-order valence-corrected chi connectivity index (χ0v) is 10.5. The average Bonchev–Trinajstić information content (AvgIpc) is 2.17. The highest BCUT2D eigenvalue weighted by atomic mass is 16.5. The van der Waals surface area contributed by atoms with Gasteiger partial charge in [0.1, 0.15) is 0 Å². The molecule has 0 fully saturated rings. The maximum absolute atomic E-state index is 11.3. The summed E-state index contributed by atoms with van der Waals surface area (Å²) in [5.74, 6) is -0.161. The molecule has 0 saturated heterocycles. The molecule has 0 aliphatic rings. The molecule has 0 aliphatic heterocycles. The van der Waals surface area contributed by atoms with E-state index >= 15 is 0 Å². The summed E-state index contributed by atoms with van der Waals surface area (Å²) in [7, 11) is 1.43. The third kappa shape index (κ3) is 5.17. The molecular weight excluding hydrogens is 190 g/mol. The van der Waals surface area contributed by atoms with Crippen LogP contribution in [-0.2, 0) is 9.53 Å². The van der Waals surface area contributed by atoms with Crippen LogP contribution in [0.15, 0.2) is 0 Å². The predicted molar refractivity (Wildman–Crippen MR) is 62.5 cm³/mol. The van der Waals surface area contributed by atoms with Crippen LogP contribution in [0.2, 0.25) is 0 Å². The Bertz CT molecular complexity index is 192. The Morgan fingerprint density at radius 3 is 2.47 bits per heavy atom. The Morgan fingerprint density at radius 1 is 1.47 bits per heavy atom. The van der Waals surface area contributed by atoms with Gasteiger partial charge in [0.2, 0.25) is 0 Å². The van der Waals surface area contributed by atoms with Gasteiger partial charge in [-0.25, -0.2) is 0 Å². The molecule has 0 aliphatic carbocycles. The van der Waals surface area contributed by atoms with Gasteiger partial charge < -0.3 is 10.5 Å². The van der Waals surface area contributed by atoms with Gasteiger partial charge >= 0.3 is 5.97 Å². The zero-order valence-electron chi connectivity index (χ0n) is 10.5. The molecule has 2 atom stereocenters. The molecule has 3 nitrogen and oxygen atoms in total. The van der Waals surface area contributed by atoms with Gasteiger partial charge in [-0.3, -0.25) is 4.79 Å². The molecule has 0 heterocycles. The van der Waals surface area contributed by atoms with Crippen LogP contribution < -0.4 is 5.73 Å². The minimum absolute atomic E-state index is 0.0217. The minimum Gasteiger partial charge on any atom is -0.469 e. The Labute approximate surface area is 93.4 Å². The van der Waals surface area contributed by atoms with E-state index in [1.807, 2.05) is 6.92 Å². The summed E-state index contributed by atoms with van der Waals surface area (Å²) < 4.78 is 4.71. The molecule has 0 bridgehead atoms. The molecule has 3 heteroatoms. The van der Waals surface area contributed by atoms with Crippen LogP contribution >= 0.6 is 0 Å². The molecule has 0 spiro atoms. The summed E-state index contributed by atoms with van der Waals surface area (Å²) in [5, 5.41) is 0. The Kier molecular flexibility index (Phi) is 6.57. The first kappa shape index (κ1) is 14.4. The second-order valence-electron chi connectivity index (χ2n) is 4.65. The van der Waals surface area contributed by atoms with Crippen LogP contribution in [0, 0.1) is 5.41 Å². The summed E-state index contributed by atoms with van der Waals surface area (Å²) in [6.45, 7) is 6.21. The lowest BCUT2D eigenvalue weighted by atomic mass is 9.76. The van der Waals surface area contributed by atoms with E-state index in [0.29, 0.717) is 6.42 Å². The van der Waals surface area contributed by atoms with Gasteiger partial charge in [-0.15, -0.1) is 0 Å². The zero-order chi connectivity index (χ0) is 11.9. The molecule has 0 saturated carbocycles. The first-order valence-corrected chi connectivity index (χ1v) is 5.78. The van der Waals surface area contributed by atoms with Crippen molar-refractivity contribution in [3.63, 3.8) is 0 Å². The first-order valence-electron chi connectivity index (χ1n) is 5.78. The molecule has 0 aromatic rings. The van der Waals surface area contributed by atoms with E-state index in [-0.39, 0.29) is 17.4 Å². The maximum atomic E-state index is 11.3. The maximum Gasteiger partial charge on any atom is 0.306 e. The molecule has 2 unspecified atom stereocenters. The van der Waals surface area contributed by atoms with Crippen molar-refractivity contribution in [1.29, 1.82) is 0 Å². The van der Waals surface area contributed by atoms with E-state index in [2.05, 4.69) is 13.8 Å². The highest BCUT2D eigenvalue weighted by Gasteiger charge is 2.31. The average molecular weight is 215 g/mol. The standard InChI is InChI=1S/C12H25NO2/c1-5-6-7-8-12(3,10(2)13)9-11(14)15-4/h10H,5-9,13H2,1-4H3. The van der Waals surface area contributed by atoms with Crippen LogP contribution in [0.25, 0.3) is 0 Å². The van der Waals surface area contributed by atoms with Crippen LogP contribution in [0.3, 0.4) is 0 Å². The number of ether oxygens (including phenoxy) is 1. The van der Waals surface area contributed by atoms with Gasteiger partial charge in [-0.1, -0.05) is 33.1 Å². The van der Waals surface area contributed by atoms with E-state index in [0.717, 1.165) is 12.8 Å². The molecule has 0 rings (SSSR count). The molecule has 2 N–H and O–H groups in total.